The molecule has 0 saturated carbocycles. The van der Waals surface area contributed by atoms with Crippen LogP contribution in [-0.2, 0) is 0 Å². The lowest BCUT2D eigenvalue weighted by atomic mass is 10.1. The Morgan fingerprint density at radius 2 is 2.36 bits per heavy atom. The Morgan fingerprint density at radius 1 is 1.50 bits per heavy atom. The molecule has 1 aliphatic rings. The minimum absolute atomic E-state index is 0.759. The van der Waals surface area contributed by atoms with Crippen LogP contribution in [0.5, 0.6) is 0 Å². The summed E-state index contributed by atoms with van der Waals surface area (Å²) in [6.45, 7) is 6.78. The van der Waals surface area contributed by atoms with Gasteiger partial charge in [0.05, 0.1) is 0 Å². The van der Waals surface area contributed by atoms with Crippen LogP contribution in [0.15, 0.2) is 0 Å². The lowest BCUT2D eigenvalue weighted by Gasteiger charge is -2.21. The highest BCUT2D eigenvalue weighted by Crippen LogP contribution is 2.09. The van der Waals surface area contributed by atoms with Crippen molar-refractivity contribution in [2.75, 3.05) is 26.2 Å². The summed E-state index contributed by atoms with van der Waals surface area (Å²) in [5.74, 6) is 2.70. The lowest BCUT2D eigenvalue weighted by molar-refractivity contribution is 0.278. The molecule has 1 atom stereocenters. The second-order valence-corrected chi connectivity index (χ2v) is 3.97. The maximum Gasteiger partial charge on any atom is 0.0214 e. The summed E-state index contributed by atoms with van der Waals surface area (Å²) in [5.41, 5.74) is 0. The molecule has 2 heteroatoms. The molecule has 2 nitrogen and oxygen atoms in total. The number of nitrogens with one attached hydrogen (secondary N) is 1. The van der Waals surface area contributed by atoms with Gasteiger partial charge in [0.1, 0.15) is 0 Å². The monoisotopic (exact) mass is 194 g/mol. The molecule has 0 amide bonds. The highest BCUT2D eigenvalue weighted by Gasteiger charge is 2.14. The van der Waals surface area contributed by atoms with Gasteiger partial charge in [-0.3, -0.25) is 0 Å². The summed E-state index contributed by atoms with van der Waals surface area (Å²) < 4.78 is 0. The summed E-state index contributed by atoms with van der Waals surface area (Å²) in [5, 5.41) is 3.53. The zero-order valence-corrected chi connectivity index (χ0v) is 9.26. The third kappa shape index (κ3) is 4.13. The Kier molecular flexibility index (Phi) is 5.66. The first-order valence-electron chi connectivity index (χ1n) is 5.76. The van der Waals surface area contributed by atoms with Gasteiger partial charge in [0, 0.05) is 19.0 Å². The van der Waals surface area contributed by atoms with E-state index in [1.807, 2.05) is 0 Å². The van der Waals surface area contributed by atoms with E-state index in [9.17, 15) is 0 Å². The fourth-order valence-corrected chi connectivity index (χ4v) is 1.99. The highest BCUT2D eigenvalue weighted by atomic mass is 15.1. The maximum atomic E-state index is 5.26. The fraction of sp³-hybridized carbons (Fsp3) is 0.833. The van der Waals surface area contributed by atoms with Gasteiger partial charge in [0.15, 0.2) is 0 Å². The summed E-state index contributed by atoms with van der Waals surface area (Å²) in [4.78, 5) is 2.44. The van der Waals surface area contributed by atoms with E-state index in [2.05, 4.69) is 23.1 Å². The van der Waals surface area contributed by atoms with Crippen LogP contribution in [0.2, 0.25) is 0 Å². The molecule has 1 saturated heterocycles. The summed E-state index contributed by atoms with van der Waals surface area (Å²) >= 11 is 0. The first kappa shape index (κ1) is 11.6. The third-order valence-electron chi connectivity index (χ3n) is 2.98. The molecular formula is C12H22N2. The second kappa shape index (κ2) is 6.86. The third-order valence-corrected chi connectivity index (χ3v) is 2.98. The lowest BCUT2D eigenvalue weighted by Crippen LogP contribution is -2.31. The number of nitrogens with zero attached hydrogens (tertiary/aromatic N) is 1. The van der Waals surface area contributed by atoms with E-state index in [0.717, 1.165) is 25.6 Å². The molecule has 0 spiro atoms. The Hall–Kier alpha value is -0.520. The molecule has 1 N–H and O–H groups in total. The van der Waals surface area contributed by atoms with Crippen LogP contribution in [0.1, 0.15) is 32.6 Å². The summed E-state index contributed by atoms with van der Waals surface area (Å²) in [6.07, 6.45) is 10.1. The molecule has 0 aromatic rings. The van der Waals surface area contributed by atoms with Gasteiger partial charge in [0.25, 0.3) is 0 Å². The van der Waals surface area contributed by atoms with Gasteiger partial charge in [-0.25, -0.2) is 0 Å². The first-order valence-corrected chi connectivity index (χ1v) is 5.76. The van der Waals surface area contributed by atoms with Crippen LogP contribution in [0.4, 0.5) is 0 Å². The molecule has 0 bridgehead atoms. The molecule has 1 fully saturated rings. The average Bonchev–Trinajstić information content (AvgIpc) is 2.71. The Balaban J connectivity index is 2.10. The van der Waals surface area contributed by atoms with E-state index in [1.54, 1.807) is 0 Å². The normalized spacial score (nSPS) is 21.4. The average molecular weight is 194 g/mol. The van der Waals surface area contributed by atoms with Crippen molar-refractivity contribution in [2.24, 2.45) is 0 Å². The first-order chi connectivity index (χ1) is 6.86. The van der Waals surface area contributed by atoms with Crippen molar-refractivity contribution in [3.05, 3.63) is 0 Å². The van der Waals surface area contributed by atoms with Gasteiger partial charge in [-0.15, -0.1) is 12.3 Å². The molecule has 80 valence electrons. The predicted molar refractivity (Wildman–Crippen MR) is 61.2 cm³/mol. The smallest absolute Gasteiger partial charge is 0.0214 e. The van der Waals surface area contributed by atoms with Gasteiger partial charge in [-0.1, -0.05) is 6.92 Å². The van der Waals surface area contributed by atoms with Crippen LogP contribution >= 0.6 is 0 Å². The summed E-state index contributed by atoms with van der Waals surface area (Å²) in [6, 6.07) is 0.759. The minimum Gasteiger partial charge on any atom is -0.314 e. The van der Waals surface area contributed by atoms with E-state index < -0.39 is 0 Å². The van der Waals surface area contributed by atoms with E-state index in [1.165, 1.54) is 32.4 Å². The van der Waals surface area contributed by atoms with Crippen molar-refractivity contribution in [3.63, 3.8) is 0 Å². The molecule has 14 heavy (non-hydrogen) atoms. The van der Waals surface area contributed by atoms with Crippen molar-refractivity contribution < 1.29 is 0 Å². The van der Waals surface area contributed by atoms with Gasteiger partial charge in [0.2, 0.25) is 0 Å². The molecule has 0 radical (unpaired) electrons. The second-order valence-electron chi connectivity index (χ2n) is 3.97. The zero-order valence-electron chi connectivity index (χ0n) is 9.26. The number of hydrogen-bond donors (Lipinski definition) is 1. The van der Waals surface area contributed by atoms with Crippen molar-refractivity contribution in [2.45, 2.75) is 38.6 Å². The fourth-order valence-electron chi connectivity index (χ4n) is 1.99. The maximum absolute atomic E-state index is 5.26. The van der Waals surface area contributed by atoms with E-state index in [-0.39, 0.29) is 0 Å². The van der Waals surface area contributed by atoms with Gasteiger partial charge < -0.3 is 10.2 Å². The Morgan fingerprint density at radius 3 is 2.93 bits per heavy atom. The van der Waals surface area contributed by atoms with Crippen LogP contribution in [0.3, 0.4) is 0 Å². The molecule has 1 heterocycles. The topological polar surface area (TPSA) is 15.3 Å². The van der Waals surface area contributed by atoms with Crippen LogP contribution in [-0.4, -0.2) is 37.1 Å². The number of hydrogen-bond acceptors (Lipinski definition) is 2. The number of terminal acetylenes is 1. The van der Waals surface area contributed by atoms with E-state index in [0.29, 0.717) is 0 Å². The molecule has 1 rings (SSSR count). The SMILES string of the molecule is C#CCCN(CC)CCC1CCCN1. The Bertz CT molecular complexity index is 177. The molecule has 1 aliphatic heterocycles. The van der Waals surface area contributed by atoms with Gasteiger partial charge in [-0.2, -0.15) is 0 Å². The van der Waals surface area contributed by atoms with Crippen LogP contribution in [0, 0.1) is 12.3 Å². The predicted octanol–water partition coefficient (Wildman–Crippen LogP) is 1.47. The molecular weight excluding hydrogens is 172 g/mol. The van der Waals surface area contributed by atoms with Crippen LogP contribution < -0.4 is 5.32 Å². The zero-order chi connectivity index (χ0) is 10.2. The van der Waals surface area contributed by atoms with Crippen LogP contribution in [0.25, 0.3) is 0 Å². The minimum atomic E-state index is 0.759. The highest BCUT2D eigenvalue weighted by molar-refractivity contribution is 4.85. The van der Waals surface area contributed by atoms with E-state index >= 15 is 0 Å². The quantitative estimate of drug-likeness (QED) is 0.644. The standard InChI is InChI=1S/C12H22N2/c1-3-5-10-14(4-2)11-8-12-7-6-9-13-12/h1,12-13H,4-11H2,2H3. The Labute approximate surface area is 88.1 Å². The van der Waals surface area contributed by atoms with Gasteiger partial charge >= 0.3 is 0 Å². The van der Waals surface area contributed by atoms with Crippen molar-refractivity contribution in [1.29, 1.82) is 0 Å². The molecule has 1 unspecified atom stereocenters. The molecule has 0 aliphatic carbocycles. The van der Waals surface area contributed by atoms with Crippen molar-refractivity contribution in [1.82, 2.24) is 10.2 Å². The largest absolute Gasteiger partial charge is 0.314 e. The molecule has 0 aromatic heterocycles. The van der Waals surface area contributed by atoms with Crippen molar-refractivity contribution in [3.8, 4) is 12.3 Å². The van der Waals surface area contributed by atoms with E-state index in [4.69, 9.17) is 6.42 Å². The molecule has 0 aromatic carbocycles. The van der Waals surface area contributed by atoms with Crippen molar-refractivity contribution >= 4 is 0 Å². The van der Waals surface area contributed by atoms with Gasteiger partial charge in [-0.05, 0) is 38.9 Å². The summed E-state index contributed by atoms with van der Waals surface area (Å²) in [7, 11) is 0. The number of rotatable bonds is 6.